The lowest BCUT2D eigenvalue weighted by Gasteiger charge is -2.40. The van der Waals surface area contributed by atoms with Crippen LogP contribution in [0.4, 0.5) is 0 Å². The van der Waals surface area contributed by atoms with Crippen molar-refractivity contribution < 1.29 is 18.3 Å². The van der Waals surface area contributed by atoms with Gasteiger partial charge >= 0.3 is 5.97 Å². The molecule has 0 aromatic heterocycles. The Hall–Kier alpha value is -0.880. The summed E-state index contributed by atoms with van der Waals surface area (Å²) in [5, 5.41) is 8.91. The molecular formula is C12H19NO4S. The molecule has 0 spiro atoms. The molecule has 2 unspecified atom stereocenters. The molecule has 0 radical (unpaired) electrons. The Labute approximate surface area is 107 Å². The summed E-state index contributed by atoms with van der Waals surface area (Å²) in [7, 11) is -3.08. The fourth-order valence-electron chi connectivity index (χ4n) is 2.78. The highest BCUT2D eigenvalue weighted by atomic mass is 32.2. The lowest BCUT2D eigenvalue weighted by molar-refractivity contribution is -0.138. The van der Waals surface area contributed by atoms with Gasteiger partial charge in [-0.2, -0.15) is 0 Å². The number of rotatable bonds is 3. The third-order valence-electron chi connectivity index (χ3n) is 3.64. The van der Waals surface area contributed by atoms with Crippen molar-refractivity contribution in [3.63, 3.8) is 0 Å². The van der Waals surface area contributed by atoms with Gasteiger partial charge in [0, 0.05) is 18.6 Å². The zero-order chi connectivity index (χ0) is 13.2. The first kappa shape index (κ1) is 13.5. The Morgan fingerprint density at radius 2 is 2.22 bits per heavy atom. The number of sulfone groups is 1. The molecule has 2 atom stereocenters. The Bertz CT molecular complexity index is 443. The number of allylic oxidation sites excluding steroid dienone is 1. The van der Waals surface area contributed by atoms with E-state index in [-0.39, 0.29) is 30.0 Å². The van der Waals surface area contributed by atoms with E-state index in [2.05, 4.69) is 17.1 Å². The molecule has 2 rings (SSSR count). The molecule has 0 amide bonds. The third kappa shape index (κ3) is 3.32. The topological polar surface area (TPSA) is 74.7 Å². The molecule has 0 bridgehead atoms. The molecule has 5 nitrogen and oxygen atoms in total. The first-order valence-corrected chi connectivity index (χ1v) is 8.15. The van der Waals surface area contributed by atoms with Crippen LogP contribution in [0.15, 0.2) is 12.2 Å². The Kier molecular flexibility index (Phi) is 4.07. The lowest BCUT2D eigenvalue weighted by Crippen LogP contribution is -2.53. The van der Waals surface area contributed by atoms with Crippen LogP contribution in [-0.4, -0.2) is 54.5 Å². The van der Waals surface area contributed by atoms with Gasteiger partial charge in [-0.15, -0.1) is 0 Å². The molecule has 18 heavy (non-hydrogen) atoms. The van der Waals surface area contributed by atoms with Crippen molar-refractivity contribution in [3.8, 4) is 0 Å². The van der Waals surface area contributed by atoms with E-state index < -0.39 is 15.8 Å². The van der Waals surface area contributed by atoms with Crippen molar-refractivity contribution in [2.75, 3.05) is 18.1 Å². The Morgan fingerprint density at radius 1 is 1.44 bits per heavy atom. The van der Waals surface area contributed by atoms with Gasteiger partial charge in [0.2, 0.25) is 0 Å². The maximum absolute atomic E-state index is 11.6. The van der Waals surface area contributed by atoms with Gasteiger partial charge in [0.15, 0.2) is 9.84 Å². The standard InChI is InChI=1S/C12H19NO4S/c14-12(15)8-11-9-18(16,17)7-6-13(11)10-4-2-1-3-5-10/h2,4,10-11H,1,3,5-9H2,(H,14,15). The fourth-order valence-corrected chi connectivity index (χ4v) is 4.34. The Balaban J connectivity index is 2.13. The van der Waals surface area contributed by atoms with Crippen molar-refractivity contribution in [3.05, 3.63) is 12.2 Å². The van der Waals surface area contributed by atoms with E-state index in [9.17, 15) is 13.2 Å². The molecule has 1 saturated heterocycles. The van der Waals surface area contributed by atoms with Crippen LogP contribution in [0.2, 0.25) is 0 Å². The van der Waals surface area contributed by atoms with E-state index in [4.69, 9.17) is 5.11 Å². The molecular weight excluding hydrogens is 254 g/mol. The SMILES string of the molecule is O=C(O)CC1CS(=O)(=O)CCN1C1C=CCCC1. The van der Waals surface area contributed by atoms with Gasteiger partial charge in [-0.05, 0) is 19.3 Å². The highest BCUT2D eigenvalue weighted by Gasteiger charge is 2.35. The summed E-state index contributed by atoms with van der Waals surface area (Å²) in [4.78, 5) is 12.9. The summed E-state index contributed by atoms with van der Waals surface area (Å²) < 4.78 is 23.3. The second kappa shape index (κ2) is 5.40. The number of carboxylic acids is 1. The van der Waals surface area contributed by atoms with Gasteiger partial charge in [-0.3, -0.25) is 9.69 Å². The molecule has 1 heterocycles. The van der Waals surface area contributed by atoms with Gasteiger partial charge in [0.25, 0.3) is 0 Å². The number of nitrogens with zero attached hydrogens (tertiary/aromatic N) is 1. The van der Waals surface area contributed by atoms with Crippen LogP contribution in [0.25, 0.3) is 0 Å². The third-order valence-corrected chi connectivity index (χ3v) is 5.34. The lowest BCUT2D eigenvalue weighted by atomic mass is 9.99. The summed E-state index contributed by atoms with van der Waals surface area (Å²) in [6, 6.07) is -0.174. The van der Waals surface area contributed by atoms with Crippen molar-refractivity contribution >= 4 is 15.8 Å². The number of carbonyl (C=O) groups is 1. The fraction of sp³-hybridized carbons (Fsp3) is 0.750. The van der Waals surface area contributed by atoms with Gasteiger partial charge in [0.1, 0.15) is 0 Å². The summed E-state index contributed by atoms with van der Waals surface area (Å²) in [5.41, 5.74) is 0. The quantitative estimate of drug-likeness (QED) is 0.765. The normalized spacial score (nSPS) is 32.2. The van der Waals surface area contributed by atoms with Crippen LogP contribution in [-0.2, 0) is 14.6 Å². The van der Waals surface area contributed by atoms with Crippen LogP contribution in [0.3, 0.4) is 0 Å². The van der Waals surface area contributed by atoms with E-state index in [0.717, 1.165) is 19.3 Å². The zero-order valence-corrected chi connectivity index (χ0v) is 11.1. The highest BCUT2D eigenvalue weighted by Crippen LogP contribution is 2.24. The first-order chi connectivity index (χ1) is 8.48. The summed E-state index contributed by atoms with van der Waals surface area (Å²) in [6.45, 7) is 0.454. The van der Waals surface area contributed by atoms with Gasteiger partial charge in [-0.25, -0.2) is 8.42 Å². The number of aliphatic carboxylic acids is 1. The van der Waals surface area contributed by atoms with E-state index >= 15 is 0 Å². The van der Waals surface area contributed by atoms with Crippen molar-refractivity contribution in [1.82, 2.24) is 4.90 Å². The molecule has 2 aliphatic rings. The molecule has 1 aliphatic heterocycles. The van der Waals surface area contributed by atoms with Gasteiger partial charge in [0.05, 0.1) is 17.9 Å². The number of hydrogen-bond donors (Lipinski definition) is 1. The average molecular weight is 273 g/mol. The second-order valence-corrected chi connectivity index (χ2v) is 7.26. The van der Waals surface area contributed by atoms with Gasteiger partial charge < -0.3 is 5.11 Å². The molecule has 1 aliphatic carbocycles. The maximum Gasteiger partial charge on any atom is 0.304 e. The summed E-state index contributed by atoms with van der Waals surface area (Å²) >= 11 is 0. The minimum Gasteiger partial charge on any atom is -0.481 e. The smallest absolute Gasteiger partial charge is 0.304 e. The van der Waals surface area contributed by atoms with E-state index in [0.29, 0.717) is 6.54 Å². The molecule has 102 valence electrons. The predicted molar refractivity (Wildman–Crippen MR) is 68.2 cm³/mol. The van der Waals surface area contributed by atoms with E-state index in [1.54, 1.807) is 0 Å². The Morgan fingerprint density at radius 3 is 2.83 bits per heavy atom. The van der Waals surface area contributed by atoms with Crippen LogP contribution < -0.4 is 0 Å². The first-order valence-electron chi connectivity index (χ1n) is 6.32. The van der Waals surface area contributed by atoms with Crippen LogP contribution in [0, 0.1) is 0 Å². The monoisotopic (exact) mass is 273 g/mol. The molecule has 0 aromatic rings. The largest absolute Gasteiger partial charge is 0.481 e. The van der Waals surface area contributed by atoms with E-state index in [1.807, 2.05) is 0 Å². The molecule has 1 fully saturated rings. The molecule has 1 N–H and O–H groups in total. The predicted octanol–water partition coefficient (Wildman–Crippen LogP) is 0.669. The van der Waals surface area contributed by atoms with Crippen molar-refractivity contribution in [1.29, 1.82) is 0 Å². The molecule has 0 aromatic carbocycles. The molecule has 6 heteroatoms. The average Bonchev–Trinajstić information content (AvgIpc) is 2.28. The maximum atomic E-state index is 11.6. The zero-order valence-electron chi connectivity index (χ0n) is 10.3. The summed E-state index contributed by atoms with van der Waals surface area (Å²) in [6.07, 6.45) is 7.25. The van der Waals surface area contributed by atoms with Crippen molar-refractivity contribution in [2.24, 2.45) is 0 Å². The molecule has 0 saturated carbocycles. The second-order valence-electron chi connectivity index (χ2n) is 5.03. The van der Waals surface area contributed by atoms with Crippen LogP contribution >= 0.6 is 0 Å². The van der Waals surface area contributed by atoms with Gasteiger partial charge in [-0.1, -0.05) is 12.2 Å². The minimum absolute atomic E-state index is 0.0242. The van der Waals surface area contributed by atoms with Crippen LogP contribution in [0.5, 0.6) is 0 Å². The number of carboxylic acid groups (broad SMARTS) is 1. The van der Waals surface area contributed by atoms with Crippen molar-refractivity contribution in [2.45, 2.75) is 37.8 Å². The summed E-state index contributed by atoms with van der Waals surface area (Å²) in [5.74, 6) is -0.807. The number of hydrogen-bond acceptors (Lipinski definition) is 4. The minimum atomic E-state index is -3.08. The van der Waals surface area contributed by atoms with Crippen LogP contribution in [0.1, 0.15) is 25.7 Å². The van der Waals surface area contributed by atoms with E-state index in [1.165, 1.54) is 0 Å². The highest BCUT2D eigenvalue weighted by molar-refractivity contribution is 7.91.